The van der Waals surface area contributed by atoms with Crippen molar-refractivity contribution in [2.45, 2.75) is 26.3 Å². The minimum Gasteiger partial charge on any atom is -0.329 e. The van der Waals surface area contributed by atoms with Crippen molar-refractivity contribution in [3.05, 3.63) is 77.9 Å². The van der Waals surface area contributed by atoms with E-state index in [2.05, 4.69) is 34.9 Å². The molecule has 0 radical (unpaired) electrons. The van der Waals surface area contributed by atoms with Crippen LogP contribution in [0.2, 0.25) is 0 Å². The molecule has 0 aliphatic heterocycles. The van der Waals surface area contributed by atoms with Gasteiger partial charge >= 0.3 is 6.03 Å². The molecular formula is C21H22N2O. The summed E-state index contributed by atoms with van der Waals surface area (Å²) in [7, 11) is 0. The van der Waals surface area contributed by atoms with Crippen molar-refractivity contribution >= 4 is 22.5 Å². The number of carbonyl (C=O) groups excluding carboxylic acids is 1. The molecule has 0 saturated heterocycles. The van der Waals surface area contributed by atoms with Gasteiger partial charge in [0.15, 0.2) is 0 Å². The molecule has 0 unspecified atom stereocenters. The maximum atomic E-state index is 12.4. The Kier molecular flexibility index (Phi) is 4.26. The molecule has 3 rings (SSSR count). The molecule has 0 bridgehead atoms. The molecule has 0 saturated carbocycles. The van der Waals surface area contributed by atoms with Crippen LogP contribution < -0.4 is 10.6 Å². The number of aryl methyl sites for hydroxylation is 1. The van der Waals surface area contributed by atoms with Crippen molar-refractivity contribution < 1.29 is 4.79 Å². The van der Waals surface area contributed by atoms with Gasteiger partial charge in [-0.3, -0.25) is 0 Å². The van der Waals surface area contributed by atoms with Crippen LogP contribution in [-0.2, 0) is 5.54 Å². The van der Waals surface area contributed by atoms with E-state index < -0.39 is 5.54 Å². The lowest BCUT2D eigenvalue weighted by Crippen LogP contribution is -2.43. The van der Waals surface area contributed by atoms with Gasteiger partial charge in [-0.15, -0.1) is 0 Å². The molecule has 3 aromatic rings. The molecule has 2 N–H and O–H groups in total. The summed E-state index contributed by atoms with van der Waals surface area (Å²) in [5.41, 5.74) is 2.51. The summed E-state index contributed by atoms with van der Waals surface area (Å²) in [5.74, 6) is 0. The molecule has 0 aliphatic rings. The molecule has 3 nitrogen and oxygen atoms in total. The van der Waals surface area contributed by atoms with Crippen LogP contribution in [0.1, 0.15) is 25.0 Å². The fourth-order valence-electron chi connectivity index (χ4n) is 3.01. The van der Waals surface area contributed by atoms with E-state index in [0.29, 0.717) is 0 Å². The maximum absolute atomic E-state index is 12.4. The number of anilines is 1. The zero-order chi connectivity index (χ0) is 17.2. The van der Waals surface area contributed by atoms with Crippen LogP contribution in [0.5, 0.6) is 0 Å². The summed E-state index contributed by atoms with van der Waals surface area (Å²) in [6.45, 7) is 6.04. The zero-order valence-electron chi connectivity index (χ0n) is 14.3. The van der Waals surface area contributed by atoms with E-state index in [1.807, 2.05) is 63.2 Å². The molecule has 122 valence electrons. The molecule has 0 heterocycles. The Morgan fingerprint density at radius 3 is 2.42 bits per heavy atom. The van der Waals surface area contributed by atoms with Gasteiger partial charge in [0.05, 0.1) is 5.54 Å². The van der Waals surface area contributed by atoms with Crippen LogP contribution in [0.4, 0.5) is 10.5 Å². The first kappa shape index (κ1) is 16.1. The summed E-state index contributed by atoms with van der Waals surface area (Å²) in [4.78, 5) is 12.4. The van der Waals surface area contributed by atoms with Gasteiger partial charge in [0.1, 0.15) is 0 Å². The van der Waals surface area contributed by atoms with E-state index in [-0.39, 0.29) is 6.03 Å². The molecule has 0 aliphatic carbocycles. The number of urea groups is 1. The lowest BCUT2D eigenvalue weighted by Gasteiger charge is -2.28. The van der Waals surface area contributed by atoms with Gasteiger partial charge in [-0.25, -0.2) is 4.79 Å². The second-order valence-corrected chi connectivity index (χ2v) is 6.60. The van der Waals surface area contributed by atoms with Crippen LogP contribution in [0.15, 0.2) is 66.7 Å². The lowest BCUT2D eigenvalue weighted by molar-refractivity contribution is 0.242. The Morgan fingerprint density at radius 1 is 0.917 bits per heavy atom. The lowest BCUT2D eigenvalue weighted by atomic mass is 9.89. The average Bonchev–Trinajstić information content (AvgIpc) is 2.53. The highest BCUT2D eigenvalue weighted by atomic mass is 16.2. The highest BCUT2D eigenvalue weighted by Crippen LogP contribution is 2.28. The predicted octanol–water partition coefficient (Wildman–Crippen LogP) is 5.21. The van der Waals surface area contributed by atoms with Crippen LogP contribution in [0.25, 0.3) is 10.8 Å². The maximum Gasteiger partial charge on any atom is 0.319 e. The van der Waals surface area contributed by atoms with Gasteiger partial charge in [0, 0.05) is 5.69 Å². The third kappa shape index (κ3) is 3.40. The number of hydrogen-bond acceptors (Lipinski definition) is 1. The minimum atomic E-state index is -0.491. The van der Waals surface area contributed by atoms with Gasteiger partial charge in [0.2, 0.25) is 0 Å². The second-order valence-electron chi connectivity index (χ2n) is 6.60. The van der Waals surface area contributed by atoms with Crippen molar-refractivity contribution in [2.24, 2.45) is 0 Å². The van der Waals surface area contributed by atoms with E-state index >= 15 is 0 Å². The van der Waals surface area contributed by atoms with Gasteiger partial charge < -0.3 is 10.6 Å². The number of carbonyl (C=O) groups is 1. The van der Waals surface area contributed by atoms with Crippen LogP contribution in [0.3, 0.4) is 0 Å². The zero-order valence-corrected chi connectivity index (χ0v) is 14.3. The standard InChI is InChI=1S/C21H22N2O/c1-15-8-6-11-17(14-15)22-20(24)23-21(2,3)19-13-7-10-16-9-4-5-12-18(16)19/h4-14H,1-3H3,(H2,22,23,24). The number of amides is 2. The van der Waals surface area contributed by atoms with Crippen LogP contribution in [-0.4, -0.2) is 6.03 Å². The van der Waals surface area contributed by atoms with Crippen LogP contribution >= 0.6 is 0 Å². The topological polar surface area (TPSA) is 41.1 Å². The third-order valence-electron chi connectivity index (χ3n) is 4.16. The van der Waals surface area contributed by atoms with Crippen molar-refractivity contribution in [2.75, 3.05) is 5.32 Å². The quantitative estimate of drug-likeness (QED) is 0.684. The van der Waals surface area contributed by atoms with Crippen molar-refractivity contribution in [3.63, 3.8) is 0 Å². The number of benzene rings is 3. The molecule has 3 aromatic carbocycles. The number of fused-ring (bicyclic) bond motifs is 1. The third-order valence-corrected chi connectivity index (χ3v) is 4.16. The summed E-state index contributed by atoms with van der Waals surface area (Å²) in [6.07, 6.45) is 0. The summed E-state index contributed by atoms with van der Waals surface area (Å²) in [5, 5.41) is 8.31. The molecular weight excluding hydrogens is 296 g/mol. The van der Waals surface area contributed by atoms with Crippen molar-refractivity contribution in [1.29, 1.82) is 0 Å². The number of nitrogens with one attached hydrogen (secondary N) is 2. The number of hydrogen-bond donors (Lipinski definition) is 2. The Morgan fingerprint density at radius 2 is 1.62 bits per heavy atom. The summed E-state index contributed by atoms with van der Waals surface area (Å²) in [6, 6.07) is 22.0. The van der Waals surface area contributed by atoms with Crippen molar-refractivity contribution in [1.82, 2.24) is 5.32 Å². The molecule has 24 heavy (non-hydrogen) atoms. The second kappa shape index (κ2) is 6.36. The molecule has 3 heteroatoms. The van der Waals surface area contributed by atoms with E-state index in [1.54, 1.807) is 0 Å². The van der Waals surface area contributed by atoms with Crippen molar-refractivity contribution in [3.8, 4) is 0 Å². The van der Waals surface area contributed by atoms with Crippen LogP contribution in [0, 0.1) is 6.92 Å². The highest BCUT2D eigenvalue weighted by molar-refractivity contribution is 5.91. The molecule has 0 fully saturated rings. The average molecular weight is 318 g/mol. The fraction of sp³-hybridized carbons (Fsp3) is 0.190. The molecule has 2 amide bonds. The molecule has 0 spiro atoms. The largest absolute Gasteiger partial charge is 0.329 e. The molecule has 0 aromatic heterocycles. The van der Waals surface area contributed by atoms with Gasteiger partial charge in [-0.1, -0.05) is 54.6 Å². The SMILES string of the molecule is Cc1cccc(NC(=O)NC(C)(C)c2cccc3ccccc23)c1. The van der Waals surface area contributed by atoms with E-state index in [9.17, 15) is 4.79 Å². The summed E-state index contributed by atoms with van der Waals surface area (Å²) < 4.78 is 0. The smallest absolute Gasteiger partial charge is 0.319 e. The highest BCUT2D eigenvalue weighted by Gasteiger charge is 2.24. The van der Waals surface area contributed by atoms with Gasteiger partial charge in [0.25, 0.3) is 0 Å². The monoisotopic (exact) mass is 318 g/mol. The van der Waals surface area contributed by atoms with E-state index in [1.165, 1.54) is 5.39 Å². The van der Waals surface area contributed by atoms with E-state index in [0.717, 1.165) is 22.2 Å². The first-order valence-corrected chi connectivity index (χ1v) is 8.10. The van der Waals surface area contributed by atoms with Gasteiger partial charge in [-0.05, 0) is 54.8 Å². The van der Waals surface area contributed by atoms with E-state index in [4.69, 9.17) is 0 Å². The Hall–Kier alpha value is -2.81. The number of rotatable bonds is 3. The molecule has 0 atom stereocenters. The first-order valence-electron chi connectivity index (χ1n) is 8.10. The summed E-state index contributed by atoms with van der Waals surface area (Å²) >= 11 is 0. The van der Waals surface area contributed by atoms with Gasteiger partial charge in [-0.2, -0.15) is 0 Å². The Balaban J connectivity index is 1.83. The Bertz CT molecular complexity index is 878. The minimum absolute atomic E-state index is 0.210. The normalized spacial score (nSPS) is 11.3. The Labute approximate surface area is 142 Å². The first-order chi connectivity index (χ1) is 11.5. The fourth-order valence-corrected chi connectivity index (χ4v) is 3.01. The predicted molar refractivity (Wildman–Crippen MR) is 100 cm³/mol.